The van der Waals surface area contributed by atoms with Crippen LogP contribution in [0.5, 0.6) is 0 Å². The summed E-state index contributed by atoms with van der Waals surface area (Å²) in [5, 5.41) is 11.9. The van der Waals surface area contributed by atoms with Gasteiger partial charge in [-0.15, -0.1) is 0 Å². The fourth-order valence-electron chi connectivity index (χ4n) is 1.51. The molecule has 16 heavy (non-hydrogen) atoms. The van der Waals surface area contributed by atoms with Gasteiger partial charge in [0.05, 0.1) is 17.9 Å². The van der Waals surface area contributed by atoms with E-state index in [9.17, 15) is 4.79 Å². The quantitative estimate of drug-likeness (QED) is 0.725. The fourth-order valence-corrected chi connectivity index (χ4v) is 1.51. The third-order valence-corrected chi connectivity index (χ3v) is 2.40. The van der Waals surface area contributed by atoms with E-state index in [2.05, 4.69) is 5.32 Å². The van der Waals surface area contributed by atoms with E-state index in [4.69, 9.17) is 9.52 Å². The Hall–Kier alpha value is -1.29. The summed E-state index contributed by atoms with van der Waals surface area (Å²) in [6.07, 6.45) is 3.42. The highest BCUT2D eigenvalue weighted by Gasteiger charge is 2.12. The maximum atomic E-state index is 11.7. The van der Waals surface area contributed by atoms with E-state index < -0.39 is 0 Å². The van der Waals surface area contributed by atoms with Gasteiger partial charge in [0, 0.05) is 13.0 Å². The van der Waals surface area contributed by atoms with Crippen LogP contribution in [0.4, 0.5) is 0 Å². The van der Waals surface area contributed by atoms with Crippen molar-refractivity contribution in [2.75, 3.05) is 6.54 Å². The van der Waals surface area contributed by atoms with Gasteiger partial charge in [0.1, 0.15) is 5.76 Å². The molecule has 0 radical (unpaired) electrons. The second-order valence-corrected chi connectivity index (χ2v) is 3.86. The molecule has 1 aromatic heterocycles. The molecule has 4 heteroatoms. The molecule has 1 rings (SSSR count). The second-order valence-electron chi connectivity index (χ2n) is 3.86. The molecule has 0 aliphatic heterocycles. The number of nitrogens with one attached hydrogen (secondary N) is 1. The molecule has 1 amide bonds. The lowest BCUT2D eigenvalue weighted by Gasteiger charge is -2.06. The number of aryl methyl sites for hydroxylation is 1. The summed E-state index contributed by atoms with van der Waals surface area (Å²) >= 11 is 0. The first kappa shape index (κ1) is 12.8. The van der Waals surface area contributed by atoms with Gasteiger partial charge in [-0.05, 0) is 25.8 Å². The van der Waals surface area contributed by atoms with Gasteiger partial charge in [-0.3, -0.25) is 4.79 Å². The first-order chi connectivity index (χ1) is 7.65. The van der Waals surface area contributed by atoms with Gasteiger partial charge in [-0.2, -0.15) is 0 Å². The molecule has 1 atom stereocenters. The van der Waals surface area contributed by atoms with E-state index in [0.717, 1.165) is 6.42 Å². The molecule has 4 nitrogen and oxygen atoms in total. The van der Waals surface area contributed by atoms with Crippen LogP contribution in [0.3, 0.4) is 0 Å². The normalized spacial score (nSPS) is 12.4. The summed E-state index contributed by atoms with van der Waals surface area (Å²) in [4.78, 5) is 11.7. The summed E-state index contributed by atoms with van der Waals surface area (Å²) in [6.45, 7) is 4.27. The molecule has 0 aliphatic rings. The predicted molar refractivity (Wildman–Crippen MR) is 61.3 cm³/mol. The standard InChI is InChI=1S/C12H19NO3/c1-3-11-10(6-8-16-11)12(15)13-7-4-5-9(2)14/h6,8-9,14H,3-5,7H2,1-2H3,(H,13,15). The molecule has 2 N–H and O–H groups in total. The van der Waals surface area contributed by atoms with Crippen LogP contribution in [0.15, 0.2) is 16.7 Å². The van der Waals surface area contributed by atoms with Crippen LogP contribution in [0, 0.1) is 0 Å². The van der Waals surface area contributed by atoms with Crippen molar-refractivity contribution in [3.05, 3.63) is 23.7 Å². The number of carbonyl (C=O) groups is 1. The van der Waals surface area contributed by atoms with Crippen molar-refractivity contribution in [3.63, 3.8) is 0 Å². The van der Waals surface area contributed by atoms with Gasteiger partial charge >= 0.3 is 0 Å². The molecular weight excluding hydrogens is 206 g/mol. The molecule has 1 heterocycles. The number of aliphatic hydroxyl groups is 1. The zero-order valence-electron chi connectivity index (χ0n) is 9.82. The largest absolute Gasteiger partial charge is 0.469 e. The smallest absolute Gasteiger partial charge is 0.254 e. The van der Waals surface area contributed by atoms with Gasteiger partial charge in [0.15, 0.2) is 0 Å². The lowest BCUT2D eigenvalue weighted by molar-refractivity contribution is 0.0947. The van der Waals surface area contributed by atoms with Crippen molar-refractivity contribution in [2.24, 2.45) is 0 Å². The molecule has 0 spiro atoms. The Labute approximate surface area is 95.7 Å². The summed E-state index contributed by atoms with van der Waals surface area (Å²) in [5.41, 5.74) is 0.611. The van der Waals surface area contributed by atoms with Crippen LogP contribution < -0.4 is 5.32 Å². The van der Waals surface area contributed by atoms with Crippen LogP contribution >= 0.6 is 0 Å². The van der Waals surface area contributed by atoms with Crippen LogP contribution in [-0.4, -0.2) is 23.7 Å². The lowest BCUT2D eigenvalue weighted by atomic mass is 10.2. The van der Waals surface area contributed by atoms with Crippen molar-refractivity contribution in [3.8, 4) is 0 Å². The minimum Gasteiger partial charge on any atom is -0.469 e. The molecule has 0 fully saturated rings. The highest BCUT2D eigenvalue weighted by Crippen LogP contribution is 2.10. The molecule has 0 aliphatic carbocycles. The average Bonchev–Trinajstić information content (AvgIpc) is 2.71. The number of carbonyl (C=O) groups excluding carboxylic acids is 1. The van der Waals surface area contributed by atoms with Crippen LogP contribution in [-0.2, 0) is 6.42 Å². The van der Waals surface area contributed by atoms with Crippen LogP contribution in [0.1, 0.15) is 42.8 Å². The van der Waals surface area contributed by atoms with Gasteiger partial charge in [0.2, 0.25) is 0 Å². The molecule has 90 valence electrons. The van der Waals surface area contributed by atoms with Gasteiger partial charge in [-0.25, -0.2) is 0 Å². The predicted octanol–water partition coefficient (Wildman–Crippen LogP) is 1.73. The topological polar surface area (TPSA) is 62.5 Å². The van der Waals surface area contributed by atoms with Gasteiger partial charge in [0.25, 0.3) is 5.91 Å². The number of hydrogen-bond acceptors (Lipinski definition) is 3. The Morgan fingerprint density at radius 2 is 2.38 bits per heavy atom. The zero-order valence-corrected chi connectivity index (χ0v) is 9.82. The zero-order chi connectivity index (χ0) is 12.0. The monoisotopic (exact) mass is 225 g/mol. The first-order valence-electron chi connectivity index (χ1n) is 5.67. The summed E-state index contributed by atoms with van der Waals surface area (Å²) < 4.78 is 5.18. The molecule has 0 saturated carbocycles. The van der Waals surface area contributed by atoms with Crippen LogP contribution in [0.2, 0.25) is 0 Å². The Morgan fingerprint density at radius 1 is 1.62 bits per heavy atom. The Bertz CT molecular complexity index is 331. The minimum absolute atomic E-state index is 0.101. The van der Waals surface area contributed by atoms with E-state index in [-0.39, 0.29) is 12.0 Å². The van der Waals surface area contributed by atoms with E-state index >= 15 is 0 Å². The van der Waals surface area contributed by atoms with Gasteiger partial charge < -0.3 is 14.8 Å². The molecule has 0 saturated heterocycles. The number of amides is 1. The summed E-state index contributed by atoms with van der Waals surface area (Å²) in [5.74, 6) is 0.615. The van der Waals surface area contributed by atoms with E-state index in [1.54, 1.807) is 13.0 Å². The molecule has 1 aromatic rings. The van der Waals surface area contributed by atoms with Gasteiger partial charge in [-0.1, -0.05) is 6.92 Å². The molecule has 1 unspecified atom stereocenters. The van der Waals surface area contributed by atoms with E-state index in [0.29, 0.717) is 30.7 Å². The van der Waals surface area contributed by atoms with Crippen molar-refractivity contribution >= 4 is 5.91 Å². The fraction of sp³-hybridized carbons (Fsp3) is 0.583. The number of furan rings is 1. The minimum atomic E-state index is -0.308. The molecule has 0 aromatic carbocycles. The second kappa shape index (κ2) is 6.33. The first-order valence-corrected chi connectivity index (χ1v) is 5.67. The van der Waals surface area contributed by atoms with Crippen molar-refractivity contribution < 1.29 is 14.3 Å². The van der Waals surface area contributed by atoms with Crippen molar-refractivity contribution in [1.29, 1.82) is 0 Å². The van der Waals surface area contributed by atoms with E-state index in [1.165, 1.54) is 6.26 Å². The maximum absolute atomic E-state index is 11.7. The van der Waals surface area contributed by atoms with Crippen molar-refractivity contribution in [2.45, 2.75) is 39.2 Å². The Morgan fingerprint density at radius 3 is 3.00 bits per heavy atom. The number of aliphatic hydroxyl groups excluding tert-OH is 1. The highest BCUT2D eigenvalue weighted by molar-refractivity contribution is 5.95. The van der Waals surface area contributed by atoms with Crippen molar-refractivity contribution in [1.82, 2.24) is 5.32 Å². The van der Waals surface area contributed by atoms with Crippen LogP contribution in [0.25, 0.3) is 0 Å². The lowest BCUT2D eigenvalue weighted by Crippen LogP contribution is -2.25. The Kier molecular flexibility index (Phi) is 5.05. The third kappa shape index (κ3) is 3.70. The third-order valence-electron chi connectivity index (χ3n) is 2.40. The molecule has 0 bridgehead atoms. The average molecular weight is 225 g/mol. The Balaban J connectivity index is 2.35. The number of hydrogen-bond donors (Lipinski definition) is 2. The highest BCUT2D eigenvalue weighted by atomic mass is 16.3. The molecular formula is C12H19NO3. The summed E-state index contributed by atoms with van der Waals surface area (Å²) in [6, 6.07) is 1.68. The SMILES string of the molecule is CCc1occc1C(=O)NCCCC(C)O. The maximum Gasteiger partial charge on any atom is 0.254 e. The van der Waals surface area contributed by atoms with E-state index in [1.807, 2.05) is 6.92 Å². The summed E-state index contributed by atoms with van der Waals surface area (Å²) in [7, 11) is 0. The number of rotatable bonds is 6.